The van der Waals surface area contributed by atoms with Gasteiger partial charge in [-0.15, -0.1) is 0 Å². The molecule has 0 spiro atoms. The minimum atomic E-state index is -2.28. The minimum Gasteiger partial charge on any atom is -0.394 e. The van der Waals surface area contributed by atoms with Crippen LogP contribution < -0.4 is 0 Å². The third-order valence-corrected chi connectivity index (χ3v) is 3.56. The number of unbranched alkanes of at least 4 members (excludes halogenated alkanes) is 2. The first-order valence-corrected chi connectivity index (χ1v) is 6.92. The molecule has 1 heterocycles. The molecule has 1 fully saturated rings. The highest BCUT2D eigenvalue weighted by Crippen LogP contribution is 2.31. The van der Waals surface area contributed by atoms with E-state index in [2.05, 4.69) is 0 Å². The van der Waals surface area contributed by atoms with Crippen LogP contribution in [-0.4, -0.2) is 68.1 Å². The summed E-state index contributed by atoms with van der Waals surface area (Å²) in [7, 11) is 0. The van der Waals surface area contributed by atoms with Crippen LogP contribution in [0.2, 0.25) is 0 Å². The Morgan fingerprint density at radius 1 is 1.20 bits per heavy atom. The highest BCUT2D eigenvalue weighted by molar-refractivity contribution is 5.79. The minimum absolute atomic E-state index is 0.245. The number of aliphatic hydroxyl groups is 5. The summed E-state index contributed by atoms with van der Waals surface area (Å²) in [5.41, 5.74) is 0. The van der Waals surface area contributed by atoms with Crippen molar-refractivity contribution in [2.45, 2.75) is 69.2 Å². The molecule has 0 aromatic rings. The van der Waals surface area contributed by atoms with Gasteiger partial charge in [0.1, 0.15) is 30.2 Å². The maximum Gasteiger partial charge on any atom is 0.202 e. The van der Waals surface area contributed by atoms with Crippen molar-refractivity contribution in [3.63, 3.8) is 0 Å². The van der Waals surface area contributed by atoms with Crippen molar-refractivity contribution in [2.24, 2.45) is 0 Å². The molecule has 1 aliphatic heterocycles. The molecule has 7 nitrogen and oxygen atoms in total. The van der Waals surface area contributed by atoms with E-state index in [0.29, 0.717) is 6.42 Å². The topological polar surface area (TPSA) is 127 Å². The van der Waals surface area contributed by atoms with Crippen molar-refractivity contribution in [1.29, 1.82) is 0 Å². The van der Waals surface area contributed by atoms with Gasteiger partial charge >= 0.3 is 0 Å². The zero-order valence-electron chi connectivity index (χ0n) is 11.6. The van der Waals surface area contributed by atoms with E-state index in [1.165, 1.54) is 0 Å². The zero-order chi connectivity index (χ0) is 15.3. The Labute approximate surface area is 117 Å². The number of ketones is 1. The number of Topliss-reactive ketones (excluding diaryl/α,β-unsaturated/α-hetero) is 1. The molecule has 7 heteroatoms. The lowest BCUT2D eigenvalue weighted by atomic mass is 9.89. The second-order valence-corrected chi connectivity index (χ2v) is 5.28. The molecule has 1 saturated heterocycles. The maximum absolute atomic E-state index is 11.8. The predicted molar refractivity (Wildman–Crippen MR) is 68.7 cm³/mol. The first-order valence-electron chi connectivity index (χ1n) is 6.92. The van der Waals surface area contributed by atoms with Gasteiger partial charge in [-0.25, -0.2) is 0 Å². The highest BCUT2D eigenvalue weighted by Gasteiger charge is 2.53. The van der Waals surface area contributed by atoms with Crippen LogP contribution in [0.5, 0.6) is 0 Å². The molecule has 5 N–H and O–H groups in total. The molecule has 0 saturated carbocycles. The Balaban J connectivity index is 2.67. The fraction of sp³-hybridized carbons (Fsp3) is 0.923. The fourth-order valence-corrected chi connectivity index (χ4v) is 2.31. The first-order chi connectivity index (χ1) is 9.35. The summed E-state index contributed by atoms with van der Waals surface area (Å²) in [4.78, 5) is 11.8. The van der Waals surface area contributed by atoms with Crippen molar-refractivity contribution in [2.75, 3.05) is 6.61 Å². The van der Waals surface area contributed by atoms with Gasteiger partial charge in [-0.05, 0) is 6.42 Å². The molecule has 0 aliphatic carbocycles. The molecule has 0 bridgehead atoms. The smallest absolute Gasteiger partial charge is 0.202 e. The van der Waals surface area contributed by atoms with Crippen molar-refractivity contribution in [3.8, 4) is 0 Å². The Morgan fingerprint density at radius 3 is 2.40 bits per heavy atom. The summed E-state index contributed by atoms with van der Waals surface area (Å²) >= 11 is 0. The molecule has 0 amide bonds. The maximum atomic E-state index is 11.8. The molecule has 0 aromatic carbocycles. The number of rotatable bonds is 7. The average molecular weight is 292 g/mol. The van der Waals surface area contributed by atoms with Crippen molar-refractivity contribution in [1.82, 2.24) is 0 Å². The predicted octanol–water partition coefficient (Wildman–Crippen LogP) is -1.31. The van der Waals surface area contributed by atoms with Crippen LogP contribution in [0.4, 0.5) is 0 Å². The van der Waals surface area contributed by atoms with Gasteiger partial charge in [0.2, 0.25) is 5.79 Å². The van der Waals surface area contributed by atoms with Crippen LogP contribution in [0.1, 0.15) is 39.0 Å². The van der Waals surface area contributed by atoms with Crippen LogP contribution in [0.25, 0.3) is 0 Å². The molecule has 0 unspecified atom stereocenters. The van der Waals surface area contributed by atoms with Crippen LogP contribution >= 0.6 is 0 Å². The van der Waals surface area contributed by atoms with Crippen LogP contribution in [-0.2, 0) is 9.53 Å². The number of carbonyl (C=O) groups is 1. The van der Waals surface area contributed by atoms with E-state index in [-0.39, 0.29) is 12.2 Å². The molecule has 0 aromatic heterocycles. The van der Waals surface area contributed by atoms with Crippen molar-refractivity contribution < 1.29 is 35.1 Å². The second-order valence-electron chi connectivity index (χ2n) is 5.28. The molecule has 20 heavy (non-hydrogen) atoms. The lowest BCUT2D eigenvalue weighted by Gasteiger charge is -2.45. The summed E-state index contributed by atoms with van der Waals surface area (Å²) < 4.78 is 5.02. The van der Waals surface area contributed by atoms with Gasteiger partial charge < -0.3 is 30.3 Å². The molecule has 5 atom stereocenters. The number of hydrogen-bond donors (Lipinski definition) is 5. The van der Waals surface area contributed by atoms with Gasteiger partial charge in [0.15, 0.2) is 0 Å². The van der Waals surface area contributed by atoms with Gasteiger partial charge in [-0.2, -0.15) is 0 Å². The van der Waals surface area contributed by atoms with Gasteiger partial charge in [-0.1, -0.05) is 19.8 Å². The number of aliphatic hydroxyl groups excluding tert-OH is 4. The van der Waals surface area contributed by atoms with Gasteiger partial charge in [-0.3, -0.25) is 4.79 Å². The number of ether oxygens (including phenoxy) is 1. The fourth-order valence-electron chi connectivity index (χ4n) is 2.31. The number of hydrogen-bond acceptors (Lipinski definition) is 7. The summed E-state index contributed by atoms with van der Waals surface area (Å²) in [6, 6.07) is 0. The quantitative estimate of drug-likeness (QED) is 0.369. The number of carbonyl (C=O) groups excluding carboxylic acids is 1. The lowest BCUT2D eigenvalue weighted by Crippen LogP contribution is -2.65. The van der Waals surface area contributed by atoms with Crippen LogP contribution in [0.3, 0.4) is 0 Å². The van der Waals surface area contributed by atoms with E-state index >= 15 is 0 Å². The Morgan fingerprint density at radius 2 is 1.85 bits per heavy atom. The van der Waals surface area contributed by atoms with E-state index in [1.807, 2.05) is 6.92 Å². The Hall–Kier alpha value is -0.570. The van der Waals surface area contributed by atoms with E-state index in [1.54, 1.807) is 0 Å². The molecular formula is C13H24O7. The summed E-state index contributed by atoms with van der Waals surface area (Å²) in [5.74, 6) is -2.59. The Kier molecular flexibility index (Phi) is 6.50. The largest absolute Gasteiger partial charge is 0.394 e. The Bertz CT molecular complexity index is 320. The molecular weight excluding hydrogens is 268 g/mol. The third-order valence-electron chi connectivity index (χ3n) is 3.56. The second kappa shape index (κ2) is 7.44. The average Bonchev–Trinajstić information content (AvgIpc) is 2.41. The molecule has 118 valence electrons. The monoisotopic (exact) mass is 292 g/mol. The van der Waals surface area contributed by atoms with Gasteiger partial charge in [0.05, 0.1) is 13.0 Å². The molecule has 1 aliphatic rings. The van der Waals surface area contributed by atoms with E-state index in [4.69, 9.17) is 9.84 Å². The molecule has 1 rings (SSSR count). The van der Waals surface area contributed by atoms with Crippen molar-refractivity contribution in [3.05, 3.63) is 0 Å². The van der Waals surface area contributed by atoms with E-state index < -0.39 is 43.2 Å². The normalized spacial score (nSPS) is 37.9. The zero-order valence-corrected chi connectivity index (χ0v) is 11.6. The molecule has 0 radical (unpaired) electrons. The van der Waals surface area contributed by atoms with Crippen LogP contribution in [0, 0.1) is 0 Å². The third kappa shape index (κ3) is 3.97. The SMILES string of the molecule is CCCCCC(=O)C[C@]1(O)O[C@H](CO)[C@@H](O)[C@H](O)[C@@H]1O. The van der Waals surface area contributed by atoms with Gasteiger partial charge in [0.25, 0.3) is 0 Å². The lowest BCUT2D eigenvalue weighted by molar-refractivity contribution is -0.347. The van der Waals surface area contributed by atoms with Crippen molar-refractivity contribution >= 4 is 5.78 Å². The van der Waals surface area contributed by atoms with Gasteiger partial charge in [0, 0.05) is 6.42 Å². The van der Waals surface area contributed by atoms with E-state index in [0.717, 1.165) is 12.8 Å². The summed E-state index contributed by atoms with van der Waals surface area (Å²) in [6.07, 6.45) is -4.00. The first kappa shape index (κ1) is 17.5. The summed E-state index contributed by atoms with van der Waals surface area (Å²) in [6.45, 7) is 1.35. The van der Waals surface area contributed by atoms with E-state index in [9.17, 15) is 25.2 Å². The standard InChI is InChI=1S/C13H24O7/c1-2-3-4-5-8(15)6-13(19)12(18)11(17)10(16)9(7-14)20-13/h9-12,14,16-19H,2-7H2,1H3/t9-,10-,11+,12+,13+/m1/s1. The van der Waals surface area contributed by atoms with Crippen LogP contribution in [0.15, 0.2) is 0 Å². The summed E-state index contributed by atoms with van der Waals surface area (Å²) in [5, 5.41) is 48.2. The highest BCUT2D eigenvalue weighted by atomic mass is 16.7.